The highest BCUT2D eigenvalue weighted by Gasteiger charge is 2.25. The first-order valence-corrected chi connectivity index (χ1v) is 9.01. The molecule has 1 aliphatic rings. The number of likely N-dealkylation sites (tertiary alicyclic amines) is 1. The van der Waals surface area contributed by atoms with Gasteiger partial charge in [-0.25, -0.2) is 8.42 Å². The van der Waals surface area contributed by atoms with Crippen LogP contribution in [0.25, 0.3) is 0 Å². The summed E-state index contributed by atoms with van der Waals surface area (Å²) in [5, 5.41) is 0.195. The Morgan fingerprint density at radius 3 is 2.37 bits per heavy atom. The summed E-state index contributed by atoms with van der Waals surface area (Å²) in [6.07, 6.45) is 1.88. The van der Waals surface area contributed by atoms with Crippen LogP contribution in [-0.2, 0) is 9.05 Å². The highest BCUT2D eigenvalue weighted by molar-refractivity contribution is 9.10. The Hall–Kier alpha value is -0.300. The molecule has 104 valence electrons. The predicted octanol–water partition coefficient (Wildman–Crippen LogP) is 3.27. The number of hydrogen-bond donors (Lipinski definition) is 0. The highest BCUT2D eigenvalue weighted by atomic mass is 79.9. The fraction of sp³-hybridized carbons (Fsp3) is 0.364. The van der Waals surface area contributed by atoms with Gasteiger partial charge in [0.25, 0.3) is 15.0 Å². The van der Waals surface area contributed by atoms with Crippen LogP contribution in [-0.4, -0.2) is 32.3 Å². The third kappa shape index (κ3) is 3.24. The molecule has 0 aromatic heterocycles. The van der Waals surface area contributed by atoms with Crippen LogP contribution in [0.2, 0.25) is 5.02 Å². The third-order valence-corrected chi connectivity index (χ3v) is 5.50. The topological polar surface area (TPSA) is 54.5 Å². The molecule has 1 aromatic rings. The summed E-state index contributed by atoms with van der Waals surface area (Å²) in [5.41, 5.74) is 0.150. The van der Waals surface area contributed by atoms with Crippen LogP contribution >= 0.6 is 38.2 Å². The van der Waals surface area contributed by atoms with Crippen LogP contribution in [0.1, 0.15) is 23.2 Å². The average Bonchev–Trinajstić information content (AvgIpc) is 2.83. The zero-order chi connectivity index (χ0) is 14.2. The van der Waals surface area contributed by atoms with Crippen molar-refractivity contribution in [2.75, 3.05) is 13.1 Å². The third-order valence-electron chi connectivity index (χ3n) is 2.91. The van der Waals surface area contributed by atoms with Crippen molar-refractivity contribution in [1.29, 1.82) is 0 Å². The molecule has 1 amide bonds. The van der Waals surface area contributed by atoms with Crippen LogP contribution in [0.15, 0.2) is 21.5 Å². The van der Waals surface area contributed by atoms with Crippen molar-refractivity contribution in [1.82, 2.24) is 4.90 Å². The number of rotatable bonds is 2. The molecule has 0 radical (unpaired) electrons. The number of benzene rings is 1. The fourth-order valence-corrected chi connectivity index (χ4v) is 3.54. The number of carbonyl (C=O) groups is 1. The maximum atomic E-state index is 12.3. The van der Waals surface area contributed by atoms with Gasteiger partial charge in [0.15, 0.2) is 0 Å². The summed E-state index contributed by atoms with van der Waals surface area (Å²) < 4.78 is 23.1. The van der Waals surface area contributed by atoms with Gasteiger partial charge in [0.05, 0.1) is 15.5 Å². The molecule has 1 heterocycles. The van der Waals surface area contributed by atoms with Gasteiger partial charge < -0.3 is 4.90 Å². The molecule has 0 unspecified atom stereocenters. The molecule has 8 heteroatoms. The second-order valence-electron chi connectivity index (χ2n) is 4.20. The molecule has 0 aliphatic carbocycles. The van der Waals surface area contributed by atoms with E-state index < -0.39 is 9.05 Å². The van der Waals surface area contributed by atoms with E-state index in [1.807, 2.05) is 0 Å². The first kappa shape index (κ1) is 15.1. The van der Waals surface area contributed by atoms with Crippen molar-refractivity contribution in [2.45, 2.75) is 17.7 Å². The first-order valence-electron chi connectivity index (χ1n) is 5.53. The Labute approximate surface area is 129 Å². The quantitative estimate of drug-likeness (QED) is 0.733. The fourth-order valence-electron chi connectivity index (χ4n) is 1.95. The molecule has 1 aliphatic heterocycles. The van der Waals surface area contributed by atoms with E-state index in [4.69, 9.17) is 22.3 Å². The summed E-state index contributed by atoms with van der Waals surface area (Å²) in [6.45, 7) is 1.31. The number of hydrogen-bond acceptors (Lipinski definition) is 3. The van der Waals surface area contributed by atoms with Gasteiger partial charge in [-0.3, -0.25) is 4.79 Å². The van der Waals surface area contributed by atoms with E-state index in [9.17, 15) is 13.2 Å². The van der Waals surface area contributed by atoms with E-state index >= 15 is 0 Å². The summed E-state index contributed by atoms with van der Waals surface area (Å²) in [5.74, 6) is -0.273. The molecule has 1 fully saturated rings. The summed E-state index contributed by atoms with van der Waals surface area (Å²) in [7, 11) is 1.39. The summed E-state index contributed by atoms with van der Waals surface area (Å²) in [4.78, 5) is 13.8. The van der Waals surface area contributed by atoms with E-state index in [1.165, 1.54) is 12.1 Å². The standard InChI is InChI=1S/C11H10BrCl2NO3S/c12-9-6-7(19(14,17)18)5-8(10(9)13)11(16)15-3-1-2-4-15/h5-6H,1-4H2. The minimum absolute atomic E-state index is 0.145. The van der Waals surface area contributed by atoms with Gasteiger partial charge in [-0.2, -0.15) is 0 Å². The molecule has 1 saturated heterocycles. The molecule has 2 rings (SSSR count). The van der Waals surface area contributed by atoms with E-state index in [2.05, 4.69) is 15.9 Å². The molecule has 0 spiro atoms. The van der Waals surface area contributed by atoms with E-state index in [-0.39, 0.29) is 21.4 Å². The molecule has 0 atom stereocenters. The van der Waals surface area contributed by atoms with Crippen molar-refractivity contribution in [3.05, 3.63) is 27.2 Å². The Bertz CT molecular complexity index is 627. The Kier molecular flexibility index (Phi) is 4.45. The van der Waals surface area contributed by atoms with Crippen molar-refractivity contribution < 1.29 is 13.2 Å². The normalized spacial score (nSPS) is 15.8. The van der Waals surface area contributed by atoms with Crippen molar-refractivity contribution in [3.63, 3.8) is 0 Å². The summed E-state index contributed by atoms with van der Waals surface area (Å²) in [6, 6.07) is 2.50. The van der Waals surface area contributed by atoms with E-state index in [0.29, 0.717) is 17.6 Å². The van der Waals surface area contributed by atoms with Crippen LogP contribution in [0.5, 0.6) is 0 Å². The van der Waals surface area contributed by atoms with Crippen molar-refractivity contribution >= 4 is 53.2 Å². The highest BCUT2D eigenvalue weighted by Crippen LogP contribution is 2.32. The average molecular weight is 387 g/mol. The second-order valence-corrected chi connectivity index (χ2v) is 8.00. The van der Waals surface area contributed by atoms with Crippen LogP contribution in [0.3, 0.4) is 0 Å². The van der Waals surface area contributed by atoms with E-state index in [0.717, 1.165) is 12.8 Å². The minimum Gasteiger partial charge on any atom is -0.339 e. The lowest BCUT2D eigenvalue weighted by Gasteiger charge is -2.17. The van der Waals surface area contributed by atoms with Gasteiger partial charge >= 0.3 is 0 Å². The van der Waals surface area contributed by atoms with Gasteiger partial charge in [0, 0.05) is 28.2 Å². The van der Waals surface area contributed by atoms with Gasteiger partial charge in [0.2, 0.25) is 0 Å². The number of amides is 1. The molecule has 0 bridgehead atoms. The smallest absolute Gasteiger partial charge is 0.261 e. The van der Waals surface area contributed by atoms with Gasteiger partial charge in [0.1, 0.15) is 0 Å². The van der Waals surface area contributed by atoms with Crippen molar-refractivity contribution in [2.24, 2.45) is 0 Å². The first-order chi connectivity index (χ1) is 8.80. The maximum Gasteiger partial charge on any atom is 0.261 e. The second kappa shape index (κ2) is 5.60. The molecule has 19 heavy (non-hydrogen) atoms. The summed E-state index contributed by atoms with van der Waals surface area (Å²) >= 11 is 9.20. The predicted molar refractivity (Wildman–Crippen MR) is 77.3 cm³/mol. The molecule has 0 saturated carbocycles. The lowest BCUT2D eigenvalue weighted by Crippen LogP contribution is -2.28. The van der Waals surface area contributed by atoms with Crippen LogP contribution < -0.4 is 0 Å². The van der Waals surface area contributed by atoms with Gasteiger partial charge in [-0.15, -0.1) is 0 Å². The Morgan fingerprint density at radius 2 is 1.84 bits per heavy atom. The number of nitrogens with zero attached hydrogens (tertiary/aromatic N) is 1. The van der Waals surface area contributed by atoms with Gasteiger partial charge in [-0.1, -0.05) is 11.6 Å². The van der Waals surface area contributed by atoms with Crippen LogP contribution in [0, 0.1) is 0 Å². The molecular formula is C11H10BrCl2NO3S. The van der Waals surface area contributed by atoms with E-state index in [1.54, 1.807) is 4.90 Å². The monoisotopic (exact) mass is 385 g/mol. The molecule has 0 N–H and O–H groups in total. The zero-order valence-electron chi connectivity index (χ0n) is 9.70. The van der Waals surface area contributed by atoms with Crippen LogP contribution in [0.4, 0.5) is 0 Å². The largest absolute Gasteiger partial charge is 0.339 e. The number of halogens is 3. The SMILES string of the molecule is O=C(c1cc(S(=O)(=O)Cl)cc(Br)c1Cl)N1CCCC1. The van der Waals surface area contributed by atoms with Gasteiger partial charge in [-0.05, 0) is 40.9 Å². The lowest BCUT2D eigenvalue weighted by atomic mass is 10.2. The zero-order valence-corrected chi connectivity index (χ0v) is 13.6. The lowest BCUT2D eigenvalue weighted by molar-refractivity contribution is 0.0792. The Morgan fingerprint density at radius 1 is 1.26 bits per heavy atom. The van der Waals surface area contributed by atoms with Crippen molar-refractivity contribution in [3.8, 4) is 0 Å². The molecular weight excluding hydrogens is 377 g/mol. The molecule has 1 aromatic carbocycles. The number of carbonyl (C=O) groups excluding carboxylic acids is 1. The molecule has 4 nitrogen and oxygen atoms in total. The maximum absolute atomic E-state index is 12.3. The minimum atomic E-state index is -3.91. The Balaban J connectivity index is 2.50.